The van der Waals surface area contributed by atoms with Crippen LogP contribution < -0.4 is 0 Å². The molecule has 1 aliphatic carbocycles. The number of rotatable bonds is 8. The van der Waals surface area contributed by atoms with E-state index in [2.05, 4.69) is 38.8 Å². The minimum Gasteiger partial charge on any atom is -0.508 e. The number of hydrogen-bond acceptors (Lipinski definition) is 3. The molecular formula is C24H37NO2. The molecule has 1 heterocycles. The van der Waals surface area contributed by atoms with Gasteiger partial charge in [-0.05, 0) is 68.0 Å². The maximum atomic E-state index is 12.5. The SMILES string of the molecule is CCCCCCC(=O)CC[C@]1(C)C2Cc3ccc(O)cc3[C@@]1(C)CCN2C. The molecule has 2 aliphatic rings. The number of Topliss-reactive ketones (excluding diaryl/α,β-unsaturated/α-hetero) is 1. The second-order valence-electron chi connectivity index (χ2n) is 9.39. The second-order valence-corrected chi connectivity index (χ2v) is 9.39. The largest absolute Gasteiger partial charge is 0.508 e. The van der Waals surface area contributed by atoms with Crippen LogP contribution in [0.25, 0.3) is 0 Å². The van der Waals surface area contributed by atoms with Gasteiger partial charge in [-0.3, -0.25) is 4.79 Å². The van der Waals surface area contributed by atoms with Crippen LogP contribution in [0.15, 0.2) is 18.2 Å². The van der Waals surface area contributed by atoms with Gasteiger partial charge in [-0.25, -0.2) is 0 Å². The van der Waals surface area contributed by atoms with Crippen molar-refractivity contribution in [2.45, 2.75) is 90.0 Å². The average molecular weight is 372 g/mol. The summed E-state index contributed by atoms with van der Waals surface area (Å²) in [7, 11) is 2.24. The molecule has 3 heteroatoms. The van der Waals surface area contributed by atoms with E-state index >= 15 is 0 Å². The standard InChI is InChI=1S/C24H37NO2/c1-5-6-7-8-9-19(26)12-13-24(3)22-16-18-10-11-20(27)17-21(18)23(24,2)14-15-25(22)4/h10-11,17,22,27H,5-9,12-16H2,1-4H3/t22?,23-,24-/m1/s1. The summed E-state index contributed by atoms with van der Waals surface area (Å²) < 4.78 is 0. The van der Waals surface area contributed by atoms with E-state index < -0.39 is 0 Å². The highest BCUT2D eigenvalue weighted by molar-refractivity contribution is 5.78. The first-order valence-electron chi connectivity index (χ1n) is 10.9. The zero-order valence-electron chi connectivity index (χ0n) is 17.7. The Balaban J connectivity index is 1.79. The predicted octanol–water partition coefficient (Wildman–Crippen LogP) is 5.24. The van der Waals surface area contributed by atoms with Crippen LogP contribution in [-0.4, -0.2) is 35.4 Å². The number of likely N-dealkylation sites (N-methyl/N-ethyl adjacent to an activating group) is 1. The molecule has 0 saturated carbocycles. The molecule has 0 aromatic heterocycles. The molecule has 150 valence electrons. The molecule has 1 N–H and O–H groups in total. The van der Waals surface area contributed by atoms with Gasteiger partial charge < -0.3 is 10.0 Å². The van der Waals surface area contributed by atoms with Crippen LogP contribution in [0.5, 0.6) is 5.75 Å². The lowest BCUT2D eigenvalue weighted by molar-refractivity contribution is -0.121. The molecule has 3 nitrogen and oxygen atoms in total. The van der Waals surface area contributed by atoms with Gasteiger partial charge in [0.2, 0.25) is 0 Å². The van der Waals surface area contributed by atoms with Gasteiger partial charge in [0.1, 0.15) is 11.5 Å². The maximum Gasteiger partial charge on any atom is 0.132 e. The van der Waals surface area contributed by atoms with Crippen molar-refractivity contribution in [1.82, 2.24) is 4.90 Å². The predicted molar refractivity (Wildman–Crippen MR) is 111 cm³/mol. The Bertz CT molecular complexity index is 685. The summed E-state index contributed by atoms with van der Waals surface area (Å²) in [5.41, 5.74) is 2.75. The van der Waals surface area contributed by atoms with Crippen molar-refractivity contribution >= 4 is 5.78 Å². The Hall–Kier alpha value is -1.35. The number of hydrogen-bond donors (Lipinski definition) is 1. The van der Waals surface area contributed by atoms with E-state index in [0.717, 1.165) is 38.6 Å². The lowest BCUT2D eigenvalue weighted by Crippen LogP contribution is -2.64. The van der Waals surface area contributed by atoms with E-state index in [1.165, 1.54) is 30.4 Å². The molecule has 1 aromatic carbocycles. The number of carbonyl (C=O) groups excluding carboxylic acids is 1. The third kappa shape index (κ3) is 3.68. The number of likely N-dealkylation sites (tertiary alicyclic amines) is 1. The summed E-state index contributed by atoms with van der Waals surface area (Å²) in [5.74, 6) is 0.792. The summed E-state index contributed by atoms with van der Waals surface area (Å²) >= 11 is 0. The van der Waals surface area contributed by atoms with E-state index in [9.17, 15) is 9.90 Å². The summed E-state index contributed by atoms with van der Waals surface area (Å²) in [6.45, 7) is 8.05. The van der Waals surface area contributed by atoms with Gasteiger partial charge in [0.15, 0.2) is 0 Å². The van der Waals surface area contributed by atoms with Crippen molar-refractivity contribution in [2.24, 2.45) is 5.41 Å². The molecular weight excluding hydrogens is 334 g/mol. The smallest absolute Gasteiger partial charge is 0.132 e. The third-order valence-electron chi connectivity index (χ3n) is 7.83. The van der Waals surface area contributed by atoms with E-state index in [-0.39, 0.29) is 10.8 Å². The second kappa shape index (κ2) is 7.95. The summed E-state index contributed by atoms with van der Waals surface area (Å²) in [5, 5.41) is 10.1. The maximum absolute atomic E-state index is 12.5. The molecule has 3 atom stereocenters. The number of ketones is 1. The number of phenolic OH excluding ortho intramolecular Hbond substituents is 1. The van der Waals surface area contributed by atoms with Gasteiger partial charge >= 0.3 is 0 Å². The molecule has 27 heavy (non-hydrogen) atoms. The van der Waals surface area contributed by atoms with Crippen LogP contribution >= 0.6 is 0 Å². The summed E-state index contributed by atoms with van der Waals surface area (Å²) in [6, 6.07) is 6.37. The fourth-order valence-corrected chi connectivity index (χ4v) is 5.70. The number of piperidine rings is 1. The molecule has 1 unspecified atom stereocenters. The Morgan fingerprint density at radius 2 is 2.00 bits per heavy atom. The van der Waals surface area contributed by atoms with Crippen LogP contribution in [0.3, 0.4) is 0 Å². The first kappa shape index (κ1) is 20.4. The van der Waals surface area contributed by atoms with E-state index in [0.29, 0.717) is 24.0 Å². The topological polar surface area (TPSA) is 40.5 Å². The van der Waals surface area contributed by atoms with Crippen LogP contribution in [0.4, 0.5) is 0 Å². The Morgan fingerprint density at radius 1 is 1.22 bits per heavy atom. The van der Waals surface area contributed by atoms with Gasteiger partial charge in [-0.1, -0.05) is 46.1 Å². The van der Waals surface area contributed by atoms with Gasteiger partial charge in [0.05, 0.1) is 0 Å². The minimum absolute atomic E-state index is 0.0129. The summed E-state index contributed by atoms with van der Waals surface area (Å²) in [4.78, 5) is 15.0. The molecule has 0 spiro atoms. The van der Waals surface area contributed by atoms with E-state index in [4.69, 9.17) is 0 Å². The van der Waals surface area contributed by atoms with Crippen molar-refractivity contribution in [1.29, 1.82) is 0 Å². The minimum atomic E-state index is 0.0129. The fourth-order valence-electron chi connectivity index (χ4n) is 5.70. The van der Waals surface area contributed by atoms with Crippen molar-refractivity contribution in [2.75, 3.05) is 13.6 Å². The van der Waals surface area contributed by atoms with Gasteiger partial charge in [-0.2, -0.15) is 0 Å². The fraction of sp³-hybridized carbons (Fsp3) is 0.708. The van der Waals surface area contributed by atoms with Crippen molar-refractivity contribution in [3.63, 3.8) is 0 Å². The first-order chi connectivity index (χ1) is 12.8. The number of aromatic hydroxyl groups is 1. The van der Waals surface area contributed by atoms with Crippen LogP contribution in [0, 0.1) is 5.41 Å². The third-order valence-corrected chi connectivity index (χ3v) is 7.83. The van der Waals surface area contributed by atoms with Crippen LogP contribution in [-0.2, 0) is 16.6 Å². The lowest BCUT2D eigenvalue weighted by Gasteiger charge is -2.62. The van der Waals surface area contributed by atoms with Gasteiger partial charge in [-0.15, -0.1) is 0 Å². The highest BCUT2D eigenvalue weighted by atomic mass is 16.3. The highest BCUT2D eigenvalue weighted by Gasteiger charge is 2.57. The van der Waals surface area contributed by atoms with Crippen molar-refractivity contribution < 1.29 is 9.90 Å². The molecule has 1 aromatic rings. The normalized spacial score (nSPS) is 30.1. The summed E-state index contributed by atoms with van der Waals surface area (Å²) in [6.07, 6.45) is 9.14. The molecule has 1 aliphatic heterocycles. The first-order valence-corrected chi connectivity index (χ1v) is 10.9. The quantitative estimate of drug-likeness (QED) is 0.636. The number of carbonyl (C=O) groups is 1. The van der Waals surface area contributed by atoms with E-state index in [1.807, 2.05) is 12.1 Å². The van der Waals surface area contributed by atoms with Gasteiger partial charge in [0, 0.05) is 24.3 Å². The number of nitrogens with zero attached hydrogens (tertiary/aromatic N) is 1. The van der Waals surface area contributed by atoms with Crippen LogP contribution in [0.2, 0.25) is 0 Å². The highest BCUT2D eigenvalue weighted by Crippen LogP contribution is 2.58. The average Bonchev–Trinajstić information content (AvgIpc) is 2.64. The Labute approximate surface area is 165 Å². The molecule has 0 amide bonds. The molecule has 1 saturated heterocycles. The van der Waals surface area contributed by atoms with Crippen molar-refractivity contribution in [3.05, 3.63) is 29.3 Å². The number of unbranched alkanes of at least 4 members (excludes halogenated alkanes) is 3. The van der Waals surface area contributed by atoms with Gasteiger partial charge in [0.25, 0.3) is 0 Å². The van der Waals surface area contributed by atoms with E-state index in [1.54, 1.807) is 0 Å². The number of benzene rings is 1. The molecule has 2 bridgehead atoms. The number of phenols is 1. The lowest BCUT2D eigenvalue weighted by atomic mass is 9.49. The zero-order chi connectivity index (χ0) is 19.7. The Morgan fingerprint density at radius 3 is 2.74 bits per heavy atom. The van der Waals surface area contributed by atoms with Crippen molar-refractivity contribution in [3.8, 4) is 5.75 Å². The molecule has 1 fully saturated rings. The van der Waals surface area contributed by atoms with Crippen LogP contribution in [0.1, 0.15) is 83.3 Å². The molecule has 3 rings (SSSR count). The zero-order valence-corrected chi connectivity index (χ0v) is 17.7. The Kier molecular flexibility index (Phi) is 6.00. The molecule has 0 radical (unpaired) electrons. The monoisotopic (exact) mass is 371 g/mol. The number of fused-ring (bicyclic) bond motifs is 4.